The summed E-state index contributed by atoms with van der Waals surface area (Å²) in [7, 11) is 1.61. The normalized spacial score (nSPS) is 10.7. The lowest BCUT2D eigenvalue weighted by Crippen LogP contribution is -2.01. The van der Waals surface area contributed by atoms with Crippen molar-refractivity contribution in [2.45, 2.75) is 58.5 Å². The third kappa shape index (κ3) is 6.70. The van der Waals surface area contributed by atoms with Gasteiger partial charge in [0.15, 0.2) is 11.5 Å². The van der Waals surface area contributed by atoms with Crippen LogP contribution in [0.1, 0.15) is 57.4 Å². The Labute approximate surface area is 136 Å². The van der Waals surface area contributed by atoms with Crippen LogP contribution in [0.3, 0.4) is 0 Å². The molecule has 0 aromatic heterocycles. The van der Waals surface area contributed by atoms with Crippen LogP contribution in [0.25, 0.3) is 0 Å². The summed E-state index contributed by atoms with van der Waals surface area (Å²) in [4.78, 5) is 0. The Kier molecular flexibility index (Phi) is 9.51. The van der Waals surface area contributed by atoms with Gasteiger partial charge < -0.3 is 14.6 Å². The number of aliphatic hydroxyl groups is 1. The van der Waals surface area contributed by atoms with Gasteiger partial charge in [0.05, 0.1) is 24.8 Å². The van der Waals surface area contributed by atoms with E-state index in [0.29, 0.717) is 12.4 Å². The summed E-state index contributed by atoms with van der Waals surface area (Å²) < 4.78 is 12.0. The van der Waals surface area contributed by atoms with E-state index in [1.54, 1.807) is 7.11 Å². The molecule has 120 valence electrons. The number of aliphatic hydroxyl groups excluding tert-OH is 1. The topological polar surface area (TPSA) is 38.7 Å². The molecule has 0 aliphatic rings. The van der Waals surface area contributed by atoms with Crippen molar-refractivity contribution in [1.82, 2.24) is 0 Å². The standard InChI is InChI=1S/C17H27BrO3/c1-3-4-5-6-7-8-9-10-21-17-15(18)11-14(13-19)12-16(17)20-2/h11-12,19H,3-10,13H2,1-2H3. The first-order valence-corrected chi connectivity index (χ1v) is 8.62. The zero-order valence-electron chi connectivity index (χ0n) is 13.2. The number of methoxy groups -OCH3 is 1. The minimum Gasteiger partial charge on any atom is -0.493 e. The first-order chi connectivity index (χ1) is 10.2. The number of benzene rings is 1. The molecule has 0 saturated heterocycles. The second kappa shape index (κ2) is 10.9. The summed E-state index contributed by atoms with van der Waals surface area (Å²) >= 11 is 3.47. The lowest BCUT2D eigenvalue weighted by Gasteiger charge is -2.13. The van der Waals surface area contributed by atoms with E-state index < -0.39 is 0 Å². The lowest BCUT2D eigenvalue weighted by atomic mass is 10.1. The van der Waals surface area contributed by atoms with Crippen LogP contribution in [-0.4, -0.2) is 18.8 Å². The maximum Gasteiger partial charge on any atom is 0.175 e. The SMILES string of the molecule is CCCCCCCCCOc1c(Br)cc(CO)cc1OC. The van der Waals surface area contributed by atoms with Gasteiger partial charge in [0.25, 0.3) is 0 Å². The van der Waals surface area contributed by atoms with Crippen LogP contribution in [-0.2, 0) is 6.61 Å². The van der Waals surface area contributed by atoms with E-state index in [4.69, 9.17) is 9.47 Å². The number of ether oxygens (including phenoxy) is 2. The van der Waals surface area contributed by atoms with Gasteiger partial charge in [0.1, 0.15) is 0 Å². The zero-order chi connectivity index (χ0) is 15.5. The van der Waals surface area contributed by atoms with Gasteiger partial charge in [-0.25, -0.2) is 0 Å². The van der Waals surface area contributed by atoms with Gasteiger partial charge in [-0.3, -0.25) is 0 Å². The molecule has 21 heavy (non-hydrogen) atoms. The molecule has 0 unspecified atom stereocenters. The largest absolute Gasteiger partial charge is 0.493 e. The van der Waals surface area contributed by atoms with Crippen LogP contribution >= 0.6 is 15.9 Å². The zero-order valence-corrected chi connectivity index (χ0v) is 14.7. The van der Waals surface area contributed by atoms with Gasteiger partial charge in [-0.05, 0) is 40.0 Å². The van der Waals surface area contributed by atoms with Gasteiger partial charge >= 0.3 is 0 Å². The predicted octanol–water partition coefficient (Wildman–Crippen LogP) is 5.08. The van der Waals surface area contributed by atoms with E-state index in [9.17, 15) is 5.11 Å². The summed E-state index contributed by atoms with van der Waals surface area (Å²) in [5.41, 5.74) is 0.807. The third-order valence-corrected chi connectivity index (χ3v) is 4.06. The highest BCUT2D eigenvalue weighted by Gasteiger charge is 2.11. The van der Waals surface area contributed by atoms with Crippen LogP contribution in [0.2, 0.25) is 0 Å². The molecule has 3 nitrogen and oxygen atoms in total. The summed E-state index contributed by atoms with van der Waals surface area (Å²) in [6.07, 6.45) is 8.86. The van der Waals surface area contributed by atoms with E-state index >= 15 is 0 Å². The average molecular weight is 359 g/mol. The lowest BCUT2D eigenvalue weighted by molar-refractivity contribution is 0.273. The van der Waals surface area contributed by atoms with Crippen molar-refractivity contribution >= 4 is 15.9 Å². The fraction of sp³-hybridized carbons (Fsp3) is 0.647. The Morgan fingerprint density at radius 2 is 1.71 bits per heavy atom. The highest BCUT2D eigenvalue weighted by Crippen LogP contribution is 2.36. The molecule has 0 saturated carbocycles. The van der Waals surface area contributed by atoms with Crippen molar-refractivity contribution in [3.05, 3.63) is 22.2 Å². The molecular weight excluding hydrogens is 332 g/mol. The monoisotopic (exact) mass is 358 g/mol. The molecule has 1 aromatic rings. The van der Waals surface area contributed by atoms with Crippen molar-refractivity contribution in [3.63, 3.8) is 0 Å². The minimum absolute atomic E-state index is 0.00694. The predicted molar refractivity (Wildman–Crippen MR) is 90.1 cm³/mol. The Bertz CT molecular complexity index is 407. The molecule has 1 aromatic carbocycles. The molecule has 0 fully saturated rings. The van der Waals surface area contributed by atoms with Gasteiger partial charge in [0, 0.05) is 0 Å². The Balaban J connectivity index is 2.34. The fourth-order valence-corrected chi connectivity index (χ4v) is 2.84. The van der Waals surface area contributed by atoms with Gasteiger partial charge in [0.2, 0.25) is 0 Å². The van der Waals surface area contributed by atoms with E-state index in [2.05, 4.69) is 22.9 Å². The summed E-state index contributed by atoms with van der Waals surface area (Å²) in [5, 5.41) is 9.19. The summed E-state index contributed by atoms with van der Waals surface area (Å²) in [6, 6.07) is 3.67. The minimum atomic E-state index is -0.00694. The highest BCUT2D eigenvalue weighted by atomic mass is 79.9. The van der Waals surface area contributed by atoms with Crippen LogP contribution in [0, 0.1) is 0 Å². The van der Waals surface area contributed by atoms with Crippen molar-refractivity contribution in [2.24, 2.45) is 0 Å². The molecule has 0 atom stereocenters. The molecule has 4 heteroatoms. The first-order valence-electron chi connectivity index (χ1n) is 7.83. The second-order valence-corrected chi connectivity index (χ2v) is 6.09. The smallest absolute Gasteiger partial charge is 0.175 e. The first kappa shape index (κ1) is 18.3. The van der Waals surface area contributed by atoms with E-state index in [-0.39, 0.29) is 6.61 Å². The molecule has 0 amide bonds. The van der Waals surface area contributed by atoms with Crippen LogP contribution in [0.4, 0.5) is 0 Å². The molecular formula is C17H27BrO3. The molecule has 0 spiro atoms. The summed E-state index contributed by atoms with van der Waals surface area (Å²) in [5.74, 6) is 1.39. The summed E-state index contributed by atoms with van der Waals surface area (Å²) in [6.45, 7) is 2.93. The fourth-order valence-electron chi connectivity index (χ4n) is 2.24. The molecule has 0 bridgehead atoms. The molecule has 1 rings (SSSR count). The maximum absolute atomic E-state index is 9.19. The van der Waals surface area contributed by atoms with Gasteiger partial charge in [-0.15, -0.1) is 0 Å². The van der Waals surface area contributed by atoms with Gasteiger partial charge in [-0.1, -0.05) is 45.4 Å². The Morgan fingerprint density at radius 3 is 2.33 bits per heavy atom. The highest BCUT2D eigenvalue weighted by molar-refractivity contribution is 9.10. The van der Waals surface area contributed by atoms with Crippen LogP contribution in [0.5, 0.6) is 11.5 Å². The molecule has 0 heterocycles. The number of halogens is 1. The van der Waals surface area contributed by atoms with Crippen molar-refractivity contribution < 1.29 is 14.6 Å². The average Bonchev–Trinajstić information content (AvgIpc) is 2.50. The third-order valence-electron chi connectivity index (χ3n) is 3.47. The van der Waals surface area contributed by atoms with Gasteiger partial charge in [-0.2, -0.15) is 0 Å². The Hall–Kier alpha value is -0.740. The molecule has 0 aliphatic carbocycles. The van der Waals surface area contributed by atoms with E-state index in [0.717, 1.165) is 22.2 Å². The quantitative estimate of drug-likeness (QED) is 0.560. The number of unbranched alkanes of at least 4 members (excludes halogenated alkanes) is 6. The van der Waals surface area contributed by atoms with Crippen LogP contribution in [0.15, 0.2) is 16.6 Å². The number of hydrogen-bond acceptors (Lipinski definition) is 3. The number of hydrogen-bond donors (Lipinski definition) is 1. The van der Waals surface area contributed by atoms with E-state index in [1.807, 2.05) is 12.1 Å². The Morgan fingerprint density at radius 1 is 1.05 bits per heavy atom. The van der Waals surface area contributed by atoms with Crippen LogP contribution < -0.4 is 9.47 Å². The molecule has 0 aliphatic heterocycles. The molecule has 1 N–H and O–H groups in total. The van der Waals surface area contributed by atoms with Crippen molar-refractivity contribution in [1.29, 1.82) is 0 Å². The second-order valence-electron chi connectivity index (χ2n) is 5.24. The van der Waals surface area contributed by atoms with E-state index in [1.165, 1.54) is 38.5 Å². The number of rotatable bonds is 11. The van der Waals surface area contributed by atoms with Crippen molar-refractivity contribution in [3.8, 4) is 11.5 Å². The molecule has 0 radical (unpaired) electrons. The maximum atomic E-state index is 9.19. The van der Waals surface area contributed by atoms with Crippen molar-refractivity contribution in [2.75, 3.05) is 13.7 Å².